The summed E-state index contributed by atoms with van der Waals surface area (Å²) in [5.41, 5.74) is -1.01. The lowest BCUT2D eigenvalue weighted by molar-refractivity contribution is -0.133. The topological polar surface area (TPSA) is 44.8 Å². The number of carbonyl (C=O) groups is 1. The number of carbonyl (C=O) groups excluding carboxylic acids is 1. The van der Waals surface area contributed by atoms with Crippen LogP contribution in [0.1, 0.15) is 0 Å². The molecule has 2 atom stereocenters. The molecule has 1 aliphatic heterocycles. The molecule has 0 aromatic carbocycles. The van der Waals surface area contributed by atoms with Gasteiger partial charge in [-0.3, -0.25) is 4.79 Å². The van der Waals surface area contributed by atoms with Crippen LogP contribution >= 0.6 is 0 Å². The molecule has 1 aliphatic carbocycles. The van der Waals surface area contributed by atoms with Crippen LogP contribution in [0.2, 0.25) is 0 Å². The van der Waals surface area contributed by atoms with Gasteiger partial charge in [0.15, 0.2) is 24.8 Å². The highest BCUT2D eigenvalue weighted by atomic mass is 16.7. The van der Waals surface area contributed by atoms with Crippen LogP contribution in [0.4, 0.5) is 0 Å². The molecule has 13 heavy (non-hydrogen) atoms. The first-order chi connectivity index (χ1) is 6.32. The van der Waals surface area contributed by atoms with E-state index in [2.05, 4.69) is 0 Å². The first-order valence-corrected chi connectivity index (χ1v) is 3.98. The zero-order valence-electron chi connectivity index (χ0n) is 7.23. The fraction of sp³-hybridized carbons (Fsp3) is 0.444. The van der Waals surface area contributed by atoms with Gasteiger partial charge in [-0.1, -0.05) is 6.08 Å². The van der Waals surface area contributed by atoms with Gasteiger partial charge in [0.1, 0.15) is 5.76 Å². The number of aldehydes is 1. The molecule has 0 N–H and O–H groups in total. The van der Waals surface area contributed by atoms with Crippen molar-refractivity contribution < 1.29 is 19.0 Å². The van der Waals surface area contributed by atoms with Crippen molar-refractivity contribution in [3.63, 3.8) is 0 Å². The summed E-state index contributed by atoms with van der Waals surface area (Å²) in [6, 6.07) is 0. The lowest BCUT2D eigenvalue weighted by Gasteiger charge is -2.29. The van der Waals surface area contributed by atoms with E-state index < -0.39 is 11.7 Å². The second kappa shape index (κ2) is 2.97. The Bertz CT molecular complexity index is 281. The van der Waals surface area contributed by atoms with Gasteiger partial charge >= 0.3 is 0 Å². The summed E-state index contributed by atoms with van der Waals surface area (Å²) < 4.78 is 15.6. The van der Waals surface area contributed by atoms with Crippen LogP contribution < -0.4 is 0 Å². The van der Waals surface area contributed by atoms with E-state index in [1.54, 1.807) is 18.2 Å². The van der Waals surface area contributed by atoms with Gasteiger partial charge in [0.2, 0.25) is 0 Å². The van der Waals surface area contributed by atoms with Crippen LogP contribution in [0.15, 0.2) is 24.0 Å². The molecule has 1 heterocycles. The Kier molecular flexibility index (Phi) is 1.94. The van der Waals surface area contributed by atoms with E-state index in [4.69, 9.17) is 14.2 Å². The third-order valence-electron chi connectivity index (χ3n) is 2.28. The van der Waals surface area contributed by atoms with Crippen LogP contribution in [-0.4, -0.2) is 31.9 Å². The van der Waals surface area contributed by atoms with Crippen LogP contribution in [0.3, 0.4) is 0 Å². The minimum absolute atomic E-state index is 0.178. The predicted molar refractivity (Wildman–Crippen MR) is 43.9 cm³/mol. The second-order valence-electron chi connectivity index (χ2n) is 2.91. The van der Waals surface area contributed by atoms with Crippen molar-refractivity contribution in [2.45, 2.75) is 11.7 Å². The fourth-order valence-electron chi connectivity index (χ4n) is 1.52. The Morgan fingerprint density at radius 2 is 2.62 bits per heavy atom. The van der Waals surface area contributed by atoms with Crippen molar-refractivity contribution in [3.8, 4) is 0 Å². The van der Waals surface area contributed by atoms with Gasteiger partial charge in [0.25, 0.3) is 0 Å². The molecule has 2 aliphatic rings. The molecule has 0 aromatic rings. The largest absolute Gasteiger partial charge is 0.469 e. The predicted octanol–water partition coefficient (Wildman–Crippen LogP) is 0.397. The van der Waals surface area contributed by atoms with Gasteiger partial charge in [-0.05, 0) is 12.2 Å². The molecule has 0 bridgehead atoms. The van der Waals surface area contributed by atoms with Crippen molar-refractivity contribution in [1.29, 1.82) is 0 Å². The molecular formula is C9H10O4. The maximum Gasteiger partial charge on any atom is 0.189 e. The van der Waals surface area contributed by atoms with Gasteiger partial charge in [-0.2, -0.15) is 0 Å². The maximum atomic E-state index is 10.9. The molecule has 0 spiro atoms. The Hall–Kier alpha value is -1.13. The lowest BCUT2D eigenvalue weighted by atomic mass is 9.92. The van der Waals surface area contributed by atoms with Crippen molar-refractivity contribution in [2.24, 2.45) is 0 Å². The zero-order valence-corrected chi connectivity index (χ0v) is 7.23. The van der Waals surface area contributed by atoms with Crippen LogP contribution in [-0.2, 0) is 19.0 Å². The average molecular weight is 182 g/mol. The Morgan fingerprint density at radius 1 is 1.77 bits per heavy atom. The number of methoxy groups -OCH3 is 1. The summed E-state index contributed by atoms with van der Waals surface area (Å²) in [6.07, 6.45) is 5.48. The molecule has 0 aromatic heterocycles. The van der Waals surface area contributed by atoms with E-state index in [1.165, 1.54) is 7.11 Å². The third kappa shape index (κ3) is 1.10. The summed E-state index contributed by atoms with van der Waals surface area (Å²) in [6.45, 7) is 0.178. The highest BCUT2D eigenvalue weighted by Gasteiger charge is 2.45. The van der Waals surface area contributed by atoms with E-state index in [0.717, 1.165) is 6.29 Å². The van der Waals surface area contributed by atoms with E-state index in [1.807, 2.05) is 0 Å². The monoisotopic (exact) mass is 182 g/mol. The number of hydrogen-bond acceptors (Lipinski definition) is 4. The van der Waals surface area contributed by atoms with E-state index in [0.29, 0.717) is 5.76 Å². The number of allylic oxidation sites excluding steroid dienone is 2. The highest BCUT2D eigenvalue weighted by molar-refractivity contribution is 5.70. The number of hydrogen-bond donors (Lipinski definition) is 0. The minimum atomic E-state index is -1.01. The van der Waals surface area contributed by atoms with Gasteiger partial charge in [0, 0.05) is 7.11 Å². The van der Waals surface area contributed by atoms with Crippen molar-refractivity contribution in [1.82, 2.24) is 0 Å². The van der Waals surface area contributed by atoms with Crippen molar-refractivity contribution >= 4 is 6.29 Å². The second-order valence-corrected chi connectivity index (χ2v) is 2.91. The molecular weight excluding hydrogens is 172 g/mol. The van der Waals surface area contributed by atoms with Crippen LogP contribution in [0.5, 0.6) is 0 Å². The van der Waals surface area contributed by atoms with E-state index >= 15 is 0 Å². The fourth-order valence-corrected chi connectivity index (χ4v) is 1.52. The summed E-state index contributed by atoms with van der Waals surface area (Å²) in [7, 11) is 1.48. The molecule has 0 amide bonds. The van der Waals surface area contributed by atoms with E-state index in [9.17, 15) is 4.79 Å². The number of fused-ring (bicyclic) bond motifs is 1. The number of rotatable bonds is 2. The quantitative estimate of drug-likeness (QED) is 0.580. The molecule has 2 rings (SSSR count). The SMILES string of the molecule is COC1(C=O)C=CC=C2OCOC21. The van der Waals surface area contributed by atoms with Gasteiger partial charge < -0.3 is 14.2 Å². The first kappa shape index (κ1) is 8.47. The summed E-state index contributed by atoms with van der Waals surface area (Å²) >= 11 is 0. The Labute approximate surface area is 75.8 Å². The lowest BCUT2D eigenvalue weighted by Crippen LogP contribution is -2.45. The molecule has 1 fully saturated rings. The van der Waals surface area contributed by atoms with Gasteiger partial charge in [0.05, 0.1) is 0 Å². The summed E-state index contributed by atoms with van der Waals surface area (Å²) in [5, 5.41) is 0. The molecule has 4 nitrogen and oxygen atoms in total. The molecule has 70 valence electrons. The molecule has 0 saturated carbocycles. The summed E-state index contributed by atoms with van der Waals surface area (Å²) in [4.78, 5) is 10.9. The zero-order chi connectivity index (χ0) is 9.31. The first-order valence-electron chi connectivity index (χ1n) is 3.98. The Balaban J connectivity index is 2.36. The molecule has 0 radical (unpaired) electrons. The standard InChI is InChI=1S/C9H10O4/c1-11-9(5-10)4-2-3-7-8(9)13-6-12-7/h2-5,8H,6H2,1H3. The van der Waals surface area contributed by atoms with Crippen molar-refractivity contribution in [3.05, 3.63) is 24.0 Å². The number of ether oxygens (including phenoxy) is 3. The van der Waals surface area contributed by atoms with Gasteiger partial charge in [-0.25, -0.2) is 0 Å². The summed E-state index contributed by atoms with van der Waals surface area (Å²) in [5.74, 6) is 0.649. The third-order valence-corrected chi connectivity index (χ3v) is 2.28. The molecule has 2 unspecified atom stereocenters. The maximum absolute atomic E-state index is 10.9. The highest BCUT2D eigenvalue weighted by Crippen LogP contribution is 2.32. The Morgan fingerprint density at radius 3 is 3.31 bits per heavy atom. The minimum Gasteiger partial charge on any atom is -0.469 e. The van der Waals surface area contributed by atoms with Gasteiger partial charge in [-0.15, -0.1) is 0 Å². The average Bonchev–Trinajstić information content (AvgIpc) is 2.65. The molecule has 4 heteroatoms. The van der Waals surface area contributed by atoms with Crippen molar-refractivity contribution in [2.75, 3.05) is 13.9 Å². The van der Waals surface area contributed by atoms with Crippen LogP contribution in [0.25, 0.3) is 0 Å². The van der Waals surface area contributed by atoms with E-state index in [-0.39, 0.29) is 6.79 Å². The normalized spacial score (nSPS) is 36.4. The smallest absolute Gasteiger partial charge is 0.189 e. The van der Waals surface area contributed by atoms with Crippen LogP contribution in [0, 0.1) is 0 Å². The molecule has 1 saturated heterocycles.